The van der Waals surface area contributed by atoms with Gasteiger partial charge in [0, 0.05) is 11.1 Å². The Bertz CT molecular complexity index is 828. The van der Waals surface area contributed by atoms with E-state index in [2.05, 4.69) is 122 Å². The van der Waals surface area contributed by atoms with Crippen molar-refractivity contribution in [2.24, 2.45) is 10.8 Å². The molecule has 0 N–H and O–H groups in total. The van der Waals surface area contributed by atoms with Gasteiger partial charge in [0.1, 0.15) is 37.9 Å². The fourth-order valence-electron chi connectivity index (χ4n) is 3.61. The highest BCUT2D eigenvalue weighted by atomic mass is 15.1. The Morgan fingerprint density at radius 2 is 1.07 bits per heavy atom. The van der Waals surface area contributed by atoms with E-state index >= 15 is 0 Å². The van der Waals surface area contributed by atoms with Gasteiger partial charge in [-0.15, -0.1) is 0 Å². The highest BCUT2D eigenvalue weighted by Crippen LogP contribution is 2.16. The van der Waals surface area contributed by atoms with E-state index in [-0.39, 0.29) is 10.8 Å². The largest absolute Gasteiger partial charge is 0.244 e. The van der Waals surface area contributed by atoms with Crippen LogP contribution in [0.4, 0.5) is 0 Å². The van der Waals surface area contributed by atoms with Crippen LogP contribution < -0.4 is 9.13 Å². The zero-order chi connectivity index (χ0) is 20.4. The van der Waals surface area contributed by atoms with Crippen LogP contribution in [0, 0.1) is 10.8 Å². The minimum atomic E-state index is 0.283. The average molecular weight is 381 g/mol. The van der Waals surface area contributed by atoms with Crippen LogP contribution in [0.3, 0.4) is 0 Å². The van der Waals surface area contributed by atoms with Crippen LogP contribution >= 0.6 is 0 Å². The Morgan fingerprint density at radius 1 is 0.679 bits per heavy atom. The molecule has 3 aromatic rings. The number of hydrogen-bond acceptors (Lipinski definition) is 0. The van der Waals surface area contributed by atoms with Crippen LogP contribution in [0.1, 0.15) is 52.7 Å². The zero-order valence-electron chi connectivity index (χ0n) is 18.4. The molecule has 0 saturated carbocycles. The van der Waals surface area contributed by atoms with Crippen molar-refractivity contribution >= 4 is 0 Å². The first-order valence-electron chi connectivity index (χ1n) is 10.2. The Hall–Kier alpha value is -2.36. The predicted octanol–water partition coefficient (Wildman–Crippen LogP) is 4.05. The third kappa shape index (κ3) is 6.08. The van der Waals surface area contributed by atoms with E-state index in [1.807, 2.05) is 0 Å². The lowest BCUT2D eigenvalue weighted by Crippen LogP contribution is -2.35. The van der Waals surface area contributed by atoms with Crippen molar-refractivity contribution in [3.05, 3.63) is 72.8 Å². The quantitative estimate of drug-likeness (QED) is 0.574. The third-order valence-corrected chi connectivity index (χ3v) is 4.63. The Morgan fingerprint density at radius 3 is 1.43 bits per heavy atom. The van der Waals surface area contributed by atoms with Gasteiger partial charge in [0.25, 0.3) is 0 Å². The van der Waals surface area contributed by atoms with Crippen LogP contribution in [0.5, 0.6) is 0 Å². The minimum absolute atomic E-state index is 0.283. The van der Waals surface area contributed by atoms with Crippen LogP contribution in [0.25, 0.3) is 0 Å². The summed E-state index contributed by atoms with van der Waals surface area (Å²) >= 11 is 0. The van der Waals surface area contributed by atoms with Gasteiger partial charge in [-0.1, -0.05) is 65.8 Å². The maximum Gasteiger partial charge on any atom is 0.244 e. The number of hydrogen-bond donors (Lipinski definition) is 0. The van der Waals surface area contributed by atoms with E-state index in [0.29, 0.717) is 0 Å². The summed E-state index contributed by atoms with van der Waals surface area (Å²) in [6, 6.07) is 8.77. The normalized spacial score (nSPS) is 12.5. The molecule has 0 aliphatic carbocycles. The Labute approximate surface area is 170 Å². The molecule has 0 bridgehead atoms. The van der Waals surface area contributed by atoms with E-state index in [9.17, 15) is 0 Å². The first kappa shape index (κ1) is 20.4. The van der Waals surface area contributed by atoms with E-state index in [1.54, 1.807) is 0 Å². The second-order valence-corrected chi connectivity index (χ2v) is 10.4. The first-order valence-corrected chi connectivity index (χ1v) is 10.2. The molecule has 0 aliphatic rings. The summed E-state index contributed by atoms with van der Waals surface area (Å²) in [5, 5.41) is 0. The minimum Gasteiger partial charge on any atom is -0.236 e. The standard InChI is InChI=1S/C24H36N4/c1-23(2,3)17-27-13-11-25(19-27)15-21-9-7-8-10-22(21)16-26-12-14-28(20-26)18-24(4,5)6/h7-14,19-20H,15-18H2,1-6H3/q+2. The number of imidazole rings is 2. The lowest BCUT2D eigenvalue weighted by atomic mass is 9.97. The van der Waals surface area contributed by atoms with Gasteiger partial charge in [-0.05, 0) is 10.8 Å². The van der Waals surface area contributed by atoms with E-state index in [4.69, 9.17) is 0 Å². The van der Waals surface area contributed by atoms with Crippen LogP contribution in [-0.2, 0) is 26.2 Å². The molecule has 0 atom stereocenters. The number of rotatable bonds is 6. The molecule has 0 unspecified atom stereocenters. The highest BCUT2D eigenvalue weighted by molar-refractivity contribution is 5.25. The van der Waals surface area contributed by atoms with Gasteiger partial charge in [-0.2, -0.15) is 0 Å². The molecular weight excluding hydrogens is 344 g/mol. The zero-order valence-corrected chi connectivity index (χ0v) is 18.4. The van der Waals surface area contributed by atoms with Gasteiger partial charge < -0.3 is 0 Å². The summed E-state index contributed by atoms with van der Waals surface area (Å²) in [5.74, 6) is 0. The summed E-state index contributed by atoms with van der Waals surface area (Å²) in [6.45, 7) is 17.5. The molecule has 0 spiro atoms. The molecule has 0 saturated heterocycles. The topological polar surface area (TPSA) is 17.6 Å². The van der Waals surface area contributed by atoms with Gasteiger partial charge in [0.15, 0.2) is 0 Å². The molecule has 4 nitrogen and oxygen atoms in total. The van der Waals surface area contributed by atoms with Crippen LogP contribution in [0.15, 0.2) is 61.7 Å². The summed E-state index contributed by atoms with van der Waals surface area (Å²) in [4.78, 5) is 0. The van der Waals surface area contributed by atoms with E-state index in [1.165, 1.54) is 11.1 Å². The highest BCUT2D eigenvalue weighted by Gasteiger charge is 2.18. The molecule has 28 heavy (non-hydrogen) atoms. The molecule has 1 aromatic carbocycles. The molecular formula is C24H36N4+2. The Kier molecular flexibility index (Phi) is 5.78. The average Bonchev–Trinajstić information content (AvgIpc) is 3.16. The summed E-state index contributed by atoms with van der Waals surface area (Å²) < 4.78 is 9.12. The second-order valence-electron chi connectivity index (χ2n) is 10.4. The van der Waals surface area contributed by atoms with Gasteiger partial charge in [-0.25, -0.2) is 18.3 Å². The smallest absolute Gasteiger partial charge is 0.236 e. The van der Waals surface area contributed by atoms with Crippen molar-refractivity contribution < 1.29 is 9.13 Å². The van der Waals surface area contributed by atoms with E-state index < -0.39 is 0 Å². The second kappa shape index (κ2) is 7.94. The summed E-state index contributed by atoms with van der Waals surface area (Å²) in [6.07, 6.45) is 13.1. The van der Waals surface area contributed by atoms with Crippen LogP contribution in [-0.4, -0.2) is 9.13 Å². The lowest BCUT2D eigenvalue weighted by Gasteiger charge is -2.14. The van der Waals surface area contributed by atoms with Crippen molar-refractivity contribution in [3.8, 4) is 0 Å². The molecule has 3 rings (SSSR count). The van der Waals surface area contributed by atoms with Crippen molar-refractivity contribution in [1.82, 2.24) is 9.13 Å². The van der Waals surface area contributed by atoms with Crippen molar-refractivity contribution in [2.45, 2.75) is 67.7 Å². The lowest BCUT2D eigenvalue weighted by molar-refractivity contribution is -0.693. The SMILES string of the molecule is CC(C)(C)Cn1cc[n+](Cc2ccccc2C[n+]2ccn(CC(C)(C)C)c2)c1. The molecule has 2 heterocycles. The maximum absolute atomic E-state index is 2.28. The molecule has 0 radical (unpaired) electrons. The molecule has 150 valence electrons. The number of benzene rings is 1. The first-order chi connectivity index (χ1) is 13.1. The number of aromatic nitrogens is 4. The van der Waals surface area contributed by atoms with E-state index in [0.717, 1.165) is 26.2 Å². The van der Waals surface area contributed by atoms with Gasteiger partial charge in [-0.3, -0.25) is 0 Å². The van der Waals surface area contributed by atoms with Crippen LogP contribution in [0.2, 0.25) is 0 Å². The van der Waals surface area contributed by atoms with Gasteiger partial charge >= 0.3 is 0 Å². The van der Waals surface area contributed by atoms with Gasteiger partial charge in [0.05, 0.1) is 13.1 Å². The summed E-state index contributed by atoms with van der Waals surface area (Å²) in [5.41, 5.74) is 3.31. The maximum atomic E-state index is 2.28. The fraction of sp³-hybridized carbons (Fsp3) is 0.500. The number of nitrogens with zero attached hydrogens (tertiary/aromatic N) is 4. The fourth-order valence-corrected chi connectivity index (χ4v) is 3.61. The monoisotopic (exact) mass is 380 g/mol. The summed E-state index contributed by atoms with van der Waals surface area (Å²) in [7, 11) is 0. The Balaban J connectivity index is 1.72. The van der Waals surface area contributed by atoms with Crippen molar-refractivity contribution in [2.75, 3.05) is 0 Å². The molecule has 4 heteroatoms. The molecule has 2 aromatic heterocycles. The van der Waals surface area contributed by atoms with Crippen molar-refractivity contribution in [1.29, 1.82) is 0 Å². The van der Waals surface area contributed by atoms with Gasteiger partial charge in [0.2, 0.25) is 12.7 Å². The predicted molar refractivity (Wildman–Crippen MR) is 113 cm³/mol. The molecule has 0 fully saturated rings. The van der Waals surface area contributed by atoms with Crippen molar-refractivity contribution in [3.63, 3.8) is 0 Å². The third-order valence-electron chi connectivity index (χ3n) is 4.63. The molecule has 0 amide bonds. The molecule has 0 aliphatic heterocycles.